The third-order valence-corrected chi connectivity index (χ3v) is 6.99. The van der Waals surface area contributed by atoms with Crippen LogP contribution in [-0.4, -0.2) is 19.6 Å². The van der Waals surface area contributed by atoms with Gasteiger partial charge in [0.25, 0.3) is 5.91 Å². The van der Waals surface area contributed by atoms with Crippen molar-refractivity contribution in [3.63, 3.8) is 0 Å². The van der Waals surface area contributed by atoms with E-state index >= 15 is 0 Å². The van der Waals surface area contributed by atoms with Crippen LogP contribution in [0.2, 0.25) is 0 Å². The number of pyridine rings is 1. The van der Waals surface area contributed by atoms with E-state index in [1.54, 1.807) is 13.2 Å². The maximum absolute atomic E-state index is 12.8. The van der Waals surface area contributed by atoms with Crippen molar-refractivity contribution in [3.8, 4) is 11.5 Å². The summed E-state index contributed by atoms with van der Waals surface area (Å²) in [5.41, 5.74) is 1.58. The fourth-order valence-corrected chi connectivity index (χ4v) is 4.68. The lowest BCUT2D eigenvalue weighted by atomic mass is 10.0. The summed E-state index contributed by atoms with van der Waals surface area (Å²) < 4.78 is 13.5. The fourth-order valence-electron chi connectivity index (χ4n) is 4.68. The average molecular weight is 512 g/mol. The molecule has 1 aromatic heterocycles. The topological polar surface area (TPSA) is 51.4 Å². The van der Waals surface area contributed by atoms with Gasteiger partial charge in [-0.05, 0) is 25.5 Å². The molecule has 0 bridgehead atoms. The maximum Gasteiger partial charge on any atom is 0.255 e. The van der Waals surface area contributed by atoms with Crippen molar-refractivity contribution >= 4 is 5.91 Å². The zero-order valence-corrected chi connectivity index (χ0v) is 23.7. The van der Waals surface area contributed by atoms with Crippen molar-refractivity contribution in [1.82, 2.24) is 5.32 Å². The van der Waals surface area contributed by atoms with Crippen molar-refractivity contribution < 1.29 is 18.8 Å². The minimum atomic E-state index is -0.151. The molecule has 0 unspecified atom stereocenters. The number of carbonyl (C=O) groups is 1. The second kappa shape index (κ2) is 19.5. The Morgan fingerprint density at radius 3 is 2.03 bits per heavy atom. The number of nitrogens with zero attached hydrogens (tertiary/aromatic N) is 1. The smallest absolute Gasteiger partial charge is 0.255 e. The van der Waals surface area contributed by atoms with Gasteiger partial charge in [0.2, 0.25) is 5.69 Å². The van der Waals surface area contributed by atoms with E-state index < -0.39 is 0 Å². The summed E-state index contributed by atoms with van der Waals surface area (Å²) in [6.45, 7) is 6.39. The minimum Gasteiger partial charge on any atom is -0.496 e. The molecule has 1 aromatic carbocycles. The van der Waals surface area contributed by atoms with Gasteiger partial charge >= 0.3 is 0 Å². The molecule has 0 saturated carbocycles. The molecule has 0 aliphatic carbocycles. The first kappa shape index (κ1) is 30.7. The zero-order chi connectivity index (χ0) is 26.6. The summed E-state index contributed by atoms with van der Waals surface area (Å²) in [6.07, 6.45) is 20.9. The maximum atomic E-state index is 12.8. The molecule has 0 radical (unpaired) electrons. The van der Waals surface area contributed by atoms with Crippen molar-refractivity contribution in [3.05, 3.63) is 53.9 Å². The Labute approximate surface area is 226 Å². The molecule has 5 heteroatoms. The molecule has 0 atom stereocenters. The van der Waals surface area contributed by atoms with E-state index in [9.17, 15) is 4.79 Å². The molecule has 0 fully saturated rings. The van der Waals surface area contributed by atoms with Gasteiger partial charge in [0.1, 0.15) is 24.6 Å². The van der Waals surface area contributed by atoms with E-state index in [0.29, 0.717) is 24.5 Å². The lowest BCUT2D eigenvalue weighted by Crippen LogP contribution is -2.39. The largest absolute Gasteiger partial charge is 0.496 e. The van der Waals surface area contributed by atoms with E-state index in [2.05, 4.69) is 23.7 Å². The number of carbonyl (C=O) groups excluding carboxylic acids is 1. The first-order valence-electron chi connectivity index (χ1n) is 14.8. The van der Waals surface area contributed by atoms with Gasteiger partial charge in [-0.2, -0.15) is 0 Å². The molecular weight excluding hydrogens is 460 g/mol. The number of unbranched alkanes of at least 4 members (excludes halogenated alkanes) is 13. The monoisotopic (exact) mass is 511 g/mol. The first-order chi connectivity index (χ1) is 18.2. The van der Waals surface area contributed by atoms with Crippen molar-refractivity contribution in [2.45, 2.75) is 117 Å². The van der Waals surface area contributed by atoms with Crippen LogP contribution < -0.4 is 19.4 Å². The number of aromatic nitrogens is 1. The number of methoxy groups -OCH3 is 1. The highest BCUT2D eigenvalue weighted by Crippen LogP contribution is 2.25. The highest BCUT2D eigenvalue weighted by molar-refractivity contribution is 5.97. The molecule has 0 aliphatic heterocycles. The van der Waals surface area contributed by atoms with Gasteiger partial charge in [-0.1, -0.05) is 96.5 Å². The number of aryl methyl sites for hydroxylation is 1. The standard InChI is InChI=1S/C32H50N2O3/c1-4-6-7-8-9-10-11-12-13-14-15-16-17-20-25-37-29-22-23-30(31(26-29)36-3)32(35)33-27-28-21-18-19-24-34(28)5-2/h18-19,21-24,26H,4-17,20,25,27H2,1-3H3/p+1. The summed E-state index contributed by atoms with van der Waals surface area (Å²) in [7, 11) is 1.59. The summed E-state index contributed by atoms with van der Waals surface area (Å²) in [5.74, 6) is 1.13. The number of ether oxygens (including phenoxy) is 2. The normalized spacial score (nSPS) is 10.9. The van der Waals surface area contributed by atoms with Crippen LogP contribution >= 0.6 is 0 Å². The van der Waals surface area contributed by atoms with Gasteiger partial charge in [0, 0.05) is 18.2 Å². The Kier molecular flexibility index (Phi) is 16.2. The third kappa shape index (κ3) is 12.5. The van der Waals surface area contributed by atoms with Crippen LogP contribution in [0.5, 0.6) is 11.5 Å². The Morgan fingerprint density at radius 1 is 0.811 bits per heavy atom. The number of amides is 1. The molecule has 2 aromatic rings. The SMILES string of the molecule is CCCCCCCCCCCCCCCCOc1ccc(C(=O)NCc2cccc[n+]2CC)c(OC)c1. The summed E-state index contributed by atoms with van der Waals surface area (Å²) >= 11 is 0. The highest BCUT2D eigenvalue weighted by Gasteiger charge is 2.15. The lowest BCUT2D eigenvalue weighted by Gasteiger charge is -2.12. The van der Waals surface area contributed by atoms with Crippen LogP contribution in [0.3, 0.4) is 0 Å². The Hall–Kier alpha value is -2.56. The molecule has 37 heavy (non-hydrogen) atoms. The molecule has 2 rings (SSSR count). The van der Waals surface area contributed by atoms with Crippen molar-refractivity contribution in [2.24, 2.45) is 0 Å². The zero-order valence-electron chi connectivity index (χ0n) is 23.7. The van der Waals surface area contributed by atoms with Gasteiger partial charge in [0.15, 0.2) is 6.20 Å². The first-order valence-corrected chi connectivity index (χ1v) is 14.8. The Bertz CT molecular complexity index is 884. The van der Waals surface area contributed by atoms with Crippen LogP contribution in [0.15, 0.2) is 42.6 Å². The molecule has 206 valence electrons. The van der Waals surface area contributed by atoms with E-state index in [0.717, 1.165) is 24.4 Å². The van der Waals surface area contributed by atoms with Crippen LogP contribution in [0.1, 0.15) is 120 Å². The summed E-state index contributed by atoms with van der Waals surface area (Å²) in [4.78, 5) is 12.8. The lowest BCUT2D eigenvalue weighted by molar-refractivity contribution is -0.701. The highest BCUT2D eigenvalue weighted by atomic mass is 16.5. The van der Waals surface area contributed by atoms with Gasteiger partial charge < -0.3 is 14.8 Å². The second-order valence-electron chi connectivity index (χ2n) is 9.97. The number of hydrogen-bond donors (Lipinski definition) is 1. The van der Waals surface area contributed by atoms with Crippen LogP contribution in [0.25, 0.3) is 0 Å². The van der Waals surface area contributed by atoms with Crippen molar-refractivity contribution in [1.29, 1.82) is 0 Å². The molecule has 1 heterocycles. The molecule has 1 amide bonds. The predicted molar refractivity (Wildman–Crippen MR) is 152 cm³/mol. The van der Waals surface area contributed by atoms with Gasteiger partial charge in [-0.25, -0.2) is 4.57 Å². The molecular formula is C32H51N2O3+. The van der Waals surface area contributed by atoms with Gasteiger partial charge in [0.05, 0.1) is 19.3 Å². The quantitative estimate of drug-likeness (QED) is 0.137. The number of benzene rings is 1. The minimum absolute atomic E-state index is 0.151. The number of nitrogens with one attached hydrogen (secondary N) is 1. The average Bonchev–Trinajstić information content (AvgIpc) is 2.93. The Balaban J connectivity index is 1.58. The Morgan fingerprint density at radius 2 is 1.43 bits per heavy atom. The van der Waals surface area contributed by atoms with Crippen LogP contribution in [-0.2, 0) is 13.1 Å². The predicted octanol–water partition coefficient (Wildman–Crippen LogP) is 7.79. The van der Waals surface area contributed by atoms with E-state index in [1.807, 2.05) is 36.5 Å². The molecule has 1 N–H and O–H groups in total. The fraction of sp³-hybridized carbons (Fsp3) is 0.625. The summed E-state index contributed by atoms with van der Waals surface area (Å²) in [5, 5.41) is 3.00. The number of rotatable bonds is 21. The van der Waals surface area contributed by atoms with Crippen LogP contribution in [0.4, 0.5) is 0 Å². The van der Waals surface area contributed by atoms with E-state index in [4.69, 9.17) is 9.47 Å². The summed E-state index contributed by atoms with van der Waals surface area (Å²) in [6, 6.07) is 11.5. The van der Waals surface area contributed by atoms with Crippen molar-refractivity contribution in [2.75, 3.05) is 13.7 Å². The molecule has 0 aliphatic rings. The van der Waals surface area contributed by atoms with Gasteiger partial charge in [-0.3, -0.25) is 4.79 Å². The third-order valence-electron chi connectivity index (χ3n) is 6.99. The van der Waals surface area contributed by atoms with E-state index in [-0.39, 0.29) is 5.91 Å². The second-order valence-corrected chi connectivity index (χ2v) is 9.97. The molecule has 0 saturated heterocycles. The van der Waals surface area contributed by atoms with E-state index in [1.165, 1.54) is 83.5 Å². The molecule has 0 spiro atoms. The van der Waals surface area contributed by atoms with Gasteiger partial charge in [-0.15, -0.1) is 0 Å². The number of hydrogen-bond acceptors (Lipinski definition) is 3. The molecule has 5 nitrogen and oxygen atoms in total. The van der Waals surface area contributed by atoms with Crippen LogP contribution in [0, 0.1) is 0 Å².